The molecule has 1 N–H and O–H groups in total. The summed E-state index contributed by atoms with van der Waals surface area (Å²) < 4.78 is 11.7. The van der Waals surface area contributed by atoms with Crippen LogP contribution < -0.4 is 5.32 Å². The Morgan fingerprint density at radius 1 is 1.14 bits per heavy atom. The monoisotopic (exact) mass is 380 g/mol. The van der Waals surface area contributed by atoms with Gasteiger partial charge in [-0.2, -0.15) is 0 Å². The van der Waals surface area contributed by atoms with Crippen molar-refractivity contribution in [1.82, 2.24) is 10.2 Å². The van der Waals surface area contributed by atoms with Gasteiger partial charge in [-0.3, -0.25) is 9.69 Å². The second kappa shape index (κ2) is 7.84. The Hall–Kier alpha value is -2.53. The molecule has 0 radical (unpaired) electrons. The molecule has 5 nitrogen and oxygen atoms in total. The van der Waals surface area contributed by atoms with Gasteiger partial charge in [0.2, 0.25) is 0 Å². The highest BCUT2D eigenvalue weighted by Crippen LogP contribution is 2.28. The minimum Gasteiger partial charge on any atom is -0.465 e. The average Bonchev–Trinajstić information content (AvgIpc) is 3.27. The van der Waals surface area contributed by atoms with E-state index < -0.39 is 0 Å². The third kappa shape index (κ3) is 3.72. The first-order chi connectivity index (χ1) is 13.5. The highest BCUT2D eigenvalue weighted by Gasteiger charge is 2.28. The van der Waals surface area contributed by atoms with Gasteiger partial charge in [-0.15, -0.1) is 0 Å². The van der Waals surface area contributed by atoms with E-state index in [0.717, 1.165) is 47.1 Å². The summed E-state index contributed by atoms with van der Waals surface area (Å²) >= 11 is 0. The summed E-state index contributed by atoms with van der Waals surface area (Å²) in [4.78, 5) is 15.3. The lowest BCUT2D eigenvalue weighted by molar-refractivity contribution is 0.0871. The quantitative estimate of drug-likeness (QED) is 0.688. The predicted molar refractivity (Wildman–Crippen MR) is 109 cm³/mol. The van der Waals surface area contributed by atoms with Crippen molar-refractivity contribution in [2.24, 2.45) is 5.92 Å². The molecule has 1 aliphatic heterocycles. The number of nitrogens with zero attached hydrogens (tertiary/aromatic N) is 1. The number of benzene rings is 1. The van der Waals surface area contributed by atoms with E-state index in [9.17, 15) is 4.79 Å². The fourth-order valence-electron chi connectivity index (χ4n) is 4.04. The zero-order valence-corrected chi connectivity index (χ0v) is 16.8. The van der Waals surface area contributed by atoms with Crippen molar-refractivity contribution < 1.29 is 13.6 Å². The van der Waals surface area contributed by atoms with Crippen LogP contribution in [0.1, 0.15) is 53.4 Å². The summed E-state index contributed by atoms with van der Waals surface area (Å²) in [6.45, 7) is 8.72. The fraction of sp³-hybridized carbons (Fsp3) is 0.435. The number of carbonyl (C=O) groups is 1. The zero-order chi connectivity index (χ0) is 19.7. The molecule has 1 aromatic carbocycles. The van der Waals surface area contributed by atoms with E-state index in [2.05, 4.69) is 17.1 Å². The van der Waals surface area contributed by atoms with Crippen LogP contribution in [-0.4, -0.2) is 30.4 Å². The van der Waals surface area contributed by atoms with Crippen molar-refractivity contribution in [2.75, 3.05) is 19.6 Å². The first-order valence-electron chi connectivity index (χ1n) is 10.1. The molecule has 1 aliphatic rings. The number of nitrogens with one attached hydrogen (secondary N) is 1. The molecular formula is C23H28N2O3. The molecule has 1 atom stereocenters. The standard InChI is InChI=1S/C23H28N2O3/c1-15-10-12-25(13-11-15)19(21-9-8-16(2)27-21)14-24-23(26)22-17(3)18-6-4-5-7-20(18)28-22/h4-9,15,19H,10-14H2,1-3H3,(H,24,26)/t19-/m0/s1. The van der Waals surface area contributed by atoms with Crippen LogP contribution in [0.5, 0.6) is 0 Å². The van der Waals surface area contributed by atoms with Crippen LogP contribution >= 0.6 is 0 Å². The molecule has 0 spiro atoms. The van der Waals surface area contributed by atoms with Crippen molar-refractivity contribution in [3.8, 4) is 0 Å². The lowest BCUT2D eigenvalue weighted by atomic mass is 9.97. The van der Waals surface area contributed by atoms with E-state index in [-0.39, 0.29) is 11.9 Å². The number of aryl methyl sites for hydroxylation is 2. The minimum absolute atomic E-state index is 0.0369. The normalized spacial score (nSPS) is 17.1. The van der Waals surface area contributed by atoms with E-state index in [1.807, 2.05) is 50.2 Å². The predicted octanol–water partition coefficient (Wildman–Crippen LogP) is 4.85. The smallest absolute Gasteiger partial charge is 0.287 e. The second-order valence-corrected chi connectivity index (χ2v) is 7.95. The van der Waals surface area contributed by atoms with Crippen LogP contribution in [0.3, 0.4) is 0 Å². The average molecular weight is 380 g/mol. The summed E-state index contributed by atoms with van der Waals surface area (Å²) in [5.41, 5.74) is 1.62. The summed E-state index contributed by atoms with van der Waals surface area (Å²) in [5.74, 6) is 2.77. The molecule has 2 aromatic heterocycles. The summed E-state index contributed by atoms with van der Waals surface area (Å²) in [6, 6.07) is 11.8. The third-order valence-electron chi connectivity index (χ3n) is 5.85. The second-order valence-electron chi connectivity index (χ2n) is 7.95. The number of piperidine rings is 1. The summed E-state index contributed by atoms with van der Waals surface area (Å²) in [7, 11) is 0. The van der Waals surface area contributed by atoms with Crippen LogP contribution in [-0.2, 0) is 0 Å². The Morgan fingerprint density at radius 3 is 2.57 bits per heavy atom. The van der Waals surface area contributed by atoms with Gasteiger partial charge >= 0.3 is 0 Å². The SMILES string of the molecule is Cc1ccc([C@H](CNC(=O)c2oc3ccccc3c2C)N2CCC(C)CC2)o1. The molecule has 148 valence electrons. The fourth-order valence-corrected chi connectivity index (χ4v) is 4.04. The molecule has 0 bridgehead atoms. The van der Waals surface area contributed by atoms with Gasteiger partial charge < -0.3 is 14.2 Å². The zero-order valence-electron chi connectivity index (χ0n) is 16.8. The van der Waals surface area contributed by atoms with Gasteiger partial charge in [0.15, 0.2) is 5.76 Å². The van der Waals surface area contributed by atoms with Crippen molar-refractivity contribution >= 4 is 16.9 Å². The number of hydrogen-bond acceptors (Lipinski definition) is 4. The molecule has 0 unspecified atom stereocenters. The molecule has 3 heterocycles. The lowest BCUT2D eigenvalue weighted by Crippen LogP contribution is -2.41. The molecule has 0 aliphatic carbocycles. The summed E-state index contributed by atoms with van der Waals surface area (Å²) in [5, 5.41) is 4.07. The van der Waals surface area contributed by atoms with E-state index in [1.54, 1.807) is 0 Å². The molecule has 28 heavy (non-hydrogen) atoms. The Morgan fingerprint density at radius 2 is 1.89 bits per heavy atom. The Balaban J connectivity index is 1.51. The molecular weight excluding hydrogens is 352 g/mol. The number of carbonyl (C=O) groups excluding carboxylic acids is 1. The largest absolute Gasteiger partial charge is 0.465 e. The van der Waals surface area contributed by atoms with Crippen molar-refractivity contribution in [2.45, 2.75) is 39.7 Å². The number of rotatable bonds is 5. The van der Waals surface area contributed by atoms with Crippen molar-refractivity contribution in [3.63, 3.8) is 0 Å². The maximum atomic E-state index is 12.9. The van der Waals surface area contributed by atoms with Gasteiger partial charge in [0, 0.05) is 17.5 Å². The Kier molecular flexibility index (Phi) is 5.27. The first kappa shape index (κ1) is 18.8. The van der Waals surface area contributed by atoms with Crippen LogP contribution in [0.4, 0.5) is 0 Å². The molecule has 1 amide bonds. The van der Waals surface area contributed by atoms with E-state index >= 15 is 0 Å². The molecule has 5 heteroatoms. The van der Waals surface area contributed by atoms with Crippen LogP contribution in [0, 0.1) is 19.8 Å². The molecule has 1 fully saturated rings. The molecule has 0 saturated carbocycles. The van der Waals surface area contributed by atoms with Gasteiger partial charge in [-0.1, -0.05) is 25.1 Å². The van der Waals surface area contributed by atoms with Gasteiger partial charge in [0.05, 0.1) is 6.04 Å². The van der Waals surface area contributed by atoms with E-state index in [4.69, 9.17) is 8.83 Å². The van der Waals surface area contributed by atoms with Crippen LogP contribution in [0.15, 0.2) is 45.2 Å². The number of amides is 1. The highest BCUT2D eigenvalue weighted by molar-refractivity contribution is 5.98. The van der Waals surface area contributed by atoms with Gasteiger partial charge in [0.1, 0.15) is 17.1 Å². The first-order valence-corrected chi connectivity index (χ1v) is 10.1. The molecule has 4 rings (SSSR count). The van der Waals surface area contributed by atoms with E-state index in [1.165, 1.54) is 12.8 Å². The van der Waals surface area contributed by atoms with E-state index in [0.29, 0.717) is 12.3 Å². The maximum Gasteiger partial charge on any atom is 0.287 e. The van der Waals surface area contributed by atoms with Gasteiger partial charge in [0.25, 0.3) is 5.91 Å². The number of fused-ring (bicyclic) bond motifs is 1. The van der Waals surface area contributed by atoms with Crippen LogP contribution in [0.2, 0.25) is 0 Å². The Labute approximate surface area is 165 Å². The minimum atomic E-state index is -0.174. The number of likely N-dealkylation sites (tertiary alicyclic amines) is 1. The summed E-state index contributed by atoms with van der Waals surface area (Å²) in [6.07, 6.45) is 2.35. The topological polar surface area (TPSA) is 58.6 Å². The number of hydrogen-bond donors (Lipinski definition) is 1. The van der Waals surface area contributed by atoms with Gasteiger partial charge in [-0.05, 0) is 63.9 Å². The maximum absolute atomic E-state index is 12.9. The van der Waals surface area contributed by atoms with Crippen molar-refractivity contribution in [3.05, 3.63) is 59.2 Å². The molecule has 1 saturated heterocycles. The number of para-hydroxylation sites is 1. The van der Waals surface area contributed by atoms with Crippen molar-refractivity contribution in [1.29, 1.82) is 0 Å². The molecule has 3 aromatic rings. The third-order valence-corrected chi connectivity index (χ3v) is 5.85. The lowest BCUT2D eigenvalue weighted by Gasteiger charge is -2.35. The van der Waals surface area contributed by atoms with Crippen LogP contribution in [0.25, 0.3) is 11.0 Å². The highest BCUT2D eigenvalue weighted by atomic mass is 16.3. The number of furan rings is 2. The van der Waals surface area contributed by atoms with Gasteiger partial charge in [-0.25, -0.2) is 0 Å². The Bertz CT molecular complexity index is 963.